The summed E-state index contributed by atoms with van der Waals surface area (Å²) in [4.78, 5) is 15.3. The number of nitrogens with one attached hydrogen (secondary N) is 1. The van der Waals surface area contributed by atoms with Crippen molar-refractivity contribution >= 4 is 17.7 Å². The lowest BCUT2D eigenvalue weighted by Gasteiger charge is -2.44. The van der Waals surface area contributed by atoms with Gasteiger partial charge in [0.05, 0.1) is 13.2 Å². The maximum absolute atomic E-state index is 12.9. The molecule has 3 aliphatic heterocycles. The lowest BCUT2D eigenvalue weighted by atomic mass is 9.85. The molecule has 1 unspecified atom stereocenters. The summed E-state index contributed by atoms with van der Waals surface area (Å²) in [5, 5.41) is 3.89. The molecule has 0 spiro atoms. The van der Waals surface area contributed by atoms with Crippen molar-refractivity contribution in [1.82, 2.24) is 10.2 Å². The van der Waals surface area contributed by atoms with E-state index in [4.69, 9.17) is 21.1 Å². The number of benzene rings is 2. The van der Waals surface area contributed by atoms with Gasteiger partial charge in [-0.3, -0.25) is 4.90 Å². The molecule has 1 N–H and O–H groups in total. The molecule has 170 valence electrons. The highest BCUT2D eigenvalue weighted by Gasteiger charge is 2.42. The van der Waals surface area contributed by atoms with Gasteiger partial charge in [0.2, 0.25) is 0 Å². The second-order valence-corrected chi connectivity index (χ2v) is 10.5. The Morgan fingerprint density at radius 1 is 1.16 bits per heavy atom. The van der Waals surface area contributed by atoms with Gasteiger partial charge in [-0.2, -0.15) is 0 Å². The number of alkyl carbamates (subject to hydrolysis) is 1. The number of rotatable bonds is 4. The van der Waals surface area contributed by atoms with Gasteiger partial charge in [-0.05, 0) is 78.6 Å². The maximum Gasteiger partial charge on any atom is 0.407 e. The van der Waals surface area contributed by atoms with Gasteiger partial charge >= 0.3 is 6.09 Å². The molecule has 6 rings (SSSR count). The summed E-state index contributed by atoms with van der Waals surface area (Å²) in [7, 11) is 1.66. The molecule has 5 nitrogen and oxygen atoms in total. The molecular formula is C26H31ClN2O3. The summed E-state index contributed by atoms with van der Waals surface area (Å²) in [6, 6.07) is 12.0. The zero-order valence-electron chi connectivity index (χ0n) is 19.0. The first-order valence-electron chi connectivity index (χ1n) is 11.5. The number of ether oxygens (including phenoxy) is 2. The number of nitrogens with zero attached hydrogens (tertiary/aromatic N) is 1. The molecule has 4 aliphatic rings. The van der Waals surface area contributed by atoms with E-state index < -0.39 is 0 Å². The van der Waals surface area contributed by atoms with E-state index in [9.17, 15) is 4.79 Å². The smallest absolute Gasteiger partial charge is 0.407 e. The van der Waals surface area contributed by atoms with Crippen molar-refractivity contribution in [3.63, 3.8) is 0 Å². The van der Waals surface area contributed by atoms with E-state index in [-0.39, 0.29) is 23.7 Å². The van der Waals surface area contributed by atoms with Crippen LogP contribution in [0.5, 0.6) is 5.75 Å². The van der Waals surface area contributed by atoms with Crippen LogP contribution < -0.4 is 10.1 Å². The predicted molar refractivity (Wildman–Crippen MR) is 126 cm³/mol. The number of hydrogen-bond acceptors (Lipinski definition) is 4. The van der Waals surface area contributed by atoms with Crippen molar-refractivity contribution in [2.75, 3.05) is 26.7 Å². The van der Waals surface area contributed by atoms with Gasteiger partial charge in [-0.15, -0.1) is 0 Å². The molecule has 32 heavy (non-hydrogen) atoms. The van der Waals surface area contributed by atoms with Crippen LogP contribution in [-0.2, 0) is 11.2 Å². The lowest BCUT2D eigenvalue weighted by Crippen LogP contribution is -2.53. The summed E-state index contributed by atoms with van der Waals surface area (Å²) >= 11 is 6.48. The number of carbonyl (C=O) groups is 1. The van der Waals surface area contributed by atoms with Crippen LogP contribution in [0.3, 0.4) is 0 Å². The summed E-state index contributed by atoms with van der Waals surface area (Å²) in [5.41, 5.74) is 4.29. The van der Waals surface area contributed by atoms with Gasteiger partial charge in [0.1, 0.15) is 11.9 Å². The van der Waals surface area contributed by atoms with Crippen molar-refractivity contribution in [3.8, 4) is 16.9 Å². The molecule has 1 aliphatic carbocycles. The summed E-state index contributed by atoms with van der Waals surface area (Å²) in [6.07, 6.45) is 2.85. The zero-order chi connectivity index (χ0) is 22.5. The highest BCUT2D eigenvalue weighted by atomic mass is 35.5. The minimum Gasteiger partial charge on any atom is -0.497 e. The normalized spacial score (nSPS) is 27.6. The molecular weight excluding hydrogens is 424 g/mol. The van der Waals surface area contributed by atoms with Gasteiger partial charge in [0.25, 0.3) is 0 Å². The monoisotopic (exact) mass is 454 g/mol. The maximum atomic E-state index is 12.9. The largest absolute Gasteiger partial charge is 0.497 e. The second-order valence-electron chi connectivity index (χ2n) is 10.1. The fourth-order valence-corrected chi connectivity index (χ4v) is 5.91. The topological polar surface area (TPSA) is 50.8 Å². The molecule has 3 saturated heterocycles. The van der Waals surface area contributed by atoms with Gasteiger partial charge in [0, 0.05) is 17.1 Å². The molecule has 2 bridgehead atoms. The Labute approximate surface area is 195 Å². The molecule has 0 aromatic heterocycles. The van der Waals surface area contributed by atoms with Crippen molar-refractivity contribution in [2.24, 2.45) is 11.3 Å². The number of amides is 1. The van der Waals surface area contributed by atoms with E-state index in [1.807, 2.05) is 18.2 Å². The lowest BCUT2D eigenvalue weighted by molar-refractivity contribution is -0.0348. The summed E-state index contributed by atoms with van der Waals surface area (Å²) < 4.78 is 11.3. The number of methoxy groups -OCH3 is 1. The van der Waals surface area contributed by atoms with Crippen LogP contribution in [0.2, 0.25) is 5.02 Å². The summed E-state index contributed by atoms with van der Waals surface area (Å²) in [5.74, 6) is 1.28. The van der Waals surface area contributed by atoms with Crippen molar-refractivity contribution in [2.45, 2.75) is 45.3 Å². The zero-order valence-corrected chi connectivity index (χ0v) is 19.7. The van der Waals surface area contributed by atoms with Gasteiger partial charge in [-0.25, -0.2) is 4.79 Å². The van der Waals surface area contributed by atoms with Crippen LogP contribution in [0.4, 0.5) is 4.79 Å². The number of halogens is 1. The second kappa shape index (κ2) is 8.27. The minimum absolute atomic E-state index is 0.0130. The Hall–Kier alpha value is -2.24. The molecule has 3 fully saturated rings. The average Bonchev–Trinajstić information content (AvgIpc) is 3.03. The van der Waals surface area contributed by atoms with Crippen LogP contribution in [0.25, 0.3) is 11.1 Å². The van der Waals surface area contributed by atoms with Crippen LogP contribution in [0, 0.1) is 11.3 Å². The Balaban J connectivity index is 1.35. The fraction of sp³-hybridized carbons (Fsp3) is 0.500. The van der Waals surface area contributed by atoms with E-state index in [2.05, 4.69) is 42.3 Å². The van der Waals surface area contributed by atoms with Crippen LogP contribution >= 0.6 is 11.6 Å². The third-order valence-electron chi connectivity index (χ3n) is 7.48. The van der Waals surface area contributed by atoms with Gasteiger partial charge < -0.3 is 14.8 Å². The minimum atomic E-state index is -0.297. The summed E-state index contributed by atoms with van der Waals surface area (Å²) in [6.45, 7) is 7.53. The molecule has 3 heterocycles. The van der Waals surface area contributed by atoms with Crippen molar-refractivity contribution < 1.29 is 14.3 Å². The van der Waals surface area contributed by atoms with Gasteiger partial charge in [-0.1, -0.05) is 43.6 Å². The Bertz CT molecular complexity index is 1030. The Morgan fingerprint density at radius 2 is 1.94 bits per heavy atom. The van der Waals surface area contributed by atoms with Crippen LogP contribution in [0.15, 0.2) is 36.4 Å². The Morgan fingerprint density at radius 3 is 2.62 bits per heavy atom. The van der Waals surface area contributed by atoms with E-state index in [0.717, 1.165) is 61.3 Å². The van der Waals surface area contributed by atoms with Crippen molar-refractivity contribution in [1.29, 1.82) is 0 Å². The molecule has 2 aromatic carbocycles. The van der Waals surface area contributed by atoms with E-state index >= 15 is 0 Å². The van der Waals surface area contributed by atoms with Gasteiger partial charge in [0.15, 0.2) is 0 Å². The molecule has 1 amide bonds. The standard InChI is InChI=1S/C26H31ClN2O3/c1-26(2)14-18-12-17(21-13-19(31-3)5-7-22(21)27)4-6-20(18)24(26)28-25(30)32-23-15-29-10-8-16(23)9-11-29/h4-7,12-13,16,23-24H,8-11,14-15H2,1-3H3,(H,28,30)/t23-,24?/m1/s1. The Kier molecular flexibility index (Phi) is 5.58. The van der Waals surface area contributed by atoms with Crippen LogP contribution in [-0.4, -0.2) is 43.8 Å². The highest BCUT2D eigenvalue weighted by molar-refractivity contribution is 6.33. The SMILES string of the molecule is COc1ccc(Cl)c(-c2ccc3c(c2)CC(C)(C)C3NC(=O)O[C@@H]2CN3CCC2CC3)c1. The average molecular weight is 455 g/mol. The van der Waals surface area contributed by atoms with Crippen LogP contribution in [0.1, 0.15) is 43.9 Å². The highest BCUT2D eigenvalue weighted by Crippen LogP contribution is 2.47. The molecule has 0 saturated carbocycles. The van der Waals surface area contributed by atoms with Crippen molar-refractivity contribution in [3.05, 3.63) is 52.5 Å². The fourth-order valence-electron chi connectivity index (χ4n) is 5.68. The number of piperidine rings is 3. The number of carbonyl (C=O) groups excluding carboxylic acids is 1. The molecule has 2 aromatic rings. The third-order valence-corrected chi connectivity index (χ3v) is 7.81. The quantitative estimate of drug-likeness (QED) is 0.666. The third kappa shape index (κ3) is 3.97. The predicted octanol–water partition coefficient (Wildman–Crippen LogP) is 5.46. The van der Waals surface area contributed by atoms with E-state index in [1.165, 1.54) is 5.56 Å². The first-order valence-corrected chi connectivity index (χ1v) is 11.9. The molecule has 2 atom stereocenters. The first kappa shape index (κ1) is 21.6. The number of fused-ring (bicyclic) bond motifs is 4. The molecule has 0 radical (unpaired) electrons. The number of hydrogen-bond donors (Lipinski definition) is 1. The van der Waals surface area contributed by atoms with E-state index in [0.29, 0.717) is 10.9 Å². The first-order chi connectivity index (χ1) is 15.3. The van der Waals surface area contributed by atoms with E-state index in [1.54, 1.807) is 7.11 Å². The molecule has 6 heteroatoms.